The first-order chi connectivity index (χ1) is 11.9. The number of halogens is 2. The molecule has 1 amide bonds. The highest BCUT2D eigenvalue weighted by Crippen LogP contribution is 2.30. The number of para-hydroxylation sites is 1. The van der Waals surface area contributed by atoms with E-state index in [9.17, 15) is 9.90 Å². The topological polar surface area (TPSA) is 74.0 Å². The van der Waals surface area contributed by atoms with Crippen LogP contribution in [0.2, 0.25) is 0 Å². The molecule has 0 spiro atoms. The van der Waals surface area contributed by atoms with Gasteiger partial charge in [0.2, 0.25) is 0 Å². The molecule has 2 aromatic carbocycles. The van der Waals surface area contributed by atoms with Gasteiger partial charge in [0.1, 0.15) is 5.75 Å². The zero-order valence-electron chi connectivity index (χ0n) is 13.3. The lowest BCUT2D eigenvalue weighted by Crippen LogP contribution is -2.18. The molecule has 0 unspecified atom stereocenters. The predicted octanol–water partition coefficient (Wildman–Crippen LogP) is 4.80. The molecule has 0 saturated carbocycles. The number of hydrogen-bond acceptors (Lipinski definition) is 4. The molecule has 0 bridgehead atoms. The van der Waals surface area contributed by atoms with Crippen LogP contribution in [0.4, 0.5) is 5.69 Å². The number of carbonyl (C=O) groups excluding carboxylic acids is 1. The lowest BCUT2D eigenvalue weighted by molar-refractivity contribution is -0.117. The number of nitrogens with one attached hydrogen (secondary N) is 1. The Hall–Kier alpha value is -2.25. The van der Waals surface area contributed by atoms with Crippen molar-refractivity contribution in [3.8, 4) is 5.75 Å². The molecule has 0 aromatic heterocycles. The predicted molar refractivity (Wildman–Crippen MR) is 109 cm³/mol. The van der Waals surface area contributed by atoms with E-state index in [1.54, 1.807) is 25.1 Å². The number of hydrogen-bond donors (Lipinski definition) is 2. The van der Waals surface area contributed by atoms with E-state index in [0.717, 1.165) is 10.0 Å². The van der Waals surface area contributed by atoms with E-state index in [2.05, 4.69) is 54.1 Å². The minimum Gasteiger partial charge on any atom is -0.506 e. The van der Waals surface area contributed by atoms with Crippen LogP contribution in [0.15, 0.2) is 61.0 Å². The van der Waals surface area contributed by atoms with Crippen molar-refractivity contribution in [3.63, 3.8) is 0 Å². The van der Waals surface area contributed by atoms with Crippen molar-refractivity contribution in [1.82, 2.24) is 5.43 Å². The molecule has 128 valence electrons. The molecule has 0 aliphatic heterocycles. The summed E-state index contributed by atoms with van der Waals surface area (Å²) in [6.45, 7) is 5.19. The van der Waals surface area contributed by atoms with Crippen LogP contribution in [0.1, 0.15) is 18.1 Å². The zero-order chi connectivity index (χ0) is 18.4. The van der Waals surface area contributed by atoms with Crippen molar-refractivity contribution in [3.05, 3.63) is 62.0 Å². The van der Waals surface area contributed by atoms with Gasteiger partial charge in [-0.3, -0.25) is 9.79 Å². The Balaban J connectivity index is 2.12. The summed E-state index contributed by atoms with van der Waals surface area (Å²) in [6.07, 6.45) is 3.08. The molecule has 0 heterocycles. The van der Waals surface area contributed by atoms with Gasteiger partial charge >= 0.3 is 0 Å². The lowest BCUT2D eigenvalue weighted by Gasteiger charge is -2.04. The van der Waals surface area contributed by atoms with Crippen LogP contribution < -0.4 is 5.43 Å². The van der Waals surface area contributed by atoms with Gasteiger partial charge in [0, 0.05) is 21.2 Å². The molecule has 25 heavy (non-hydrogen) atoms. The molecule has 0 saturated heterocycles. The number of hydrazone groups is 1. The molecule has 0 aliphatic rings. The molecule has 0 aliphatic carbocycles. The number of carbonyl (C=O) groups is 1. The van der Waals surface area contributed by atoms with Gasteiger partial charge in [-0.25, -0.2) is 5.43 Å². The summed E-state index contributed by atoms with van der Waals surface area (Å²) in [7, 11) is 0. The molecule has 2 N–H and O–H groups in total. The fourth-order valence-corrected chi connectivity index (χ4v) is 3.24. The van der Waals surface area contributed by atoms with Crippen LogP contribution in [-0.4, -0.2) is 23.9 Å². The summed E-state index contributed by atoms with van der Waals surface area (Å²) < 4.78 is 1.30. The number of rotatable bonds is 5. The van der Waals surface area contributed by atoms with E-state index < -0.39 is 0 Å². The van der Waals surface area contributed by atoms with Crippen LogP contribution in [0.25, 0.3) is 6.08 Å². The fraction of sp³-hybridized carbons (Fsp3) is 0.0556. The third-order valence-electron chi connectivity index (χ3n) is 3.26. The normalized spacial score (nSPS) is 11.6. The number of amides is 1. The summed E-state index contributed by atoms with van der Waals surface area (Å²) >= 11 is 6.57. The van der Waals surface area contributed by atoms with Gasteiger partial charge in [-0.05, 0) is 53.8 Å². The smallest absolute Gasteiger partial charge is 0.267 e. The van der Waals surface area contributed by atoms with Gasteiger partial charge in [-0.15, -0.1) is 0 Å². The van der Waals surface area contributed by atoms with Gasteiger partial charge in [0.05, 0.1) is 16.4 Å². The average molecular weight is 465 g/mol. The molecule has 0 atom stereocenters. The van der Waals surface area contributed by atoms with E-state index >= 15 is 0 Å². The van der Waals surface area contributed by atoms with Crippen LogP contribution in [0.3, 0.4) is 0 Å². The van der Waals surface area contributed by atoms with Gasteiger partial charge in [-0.1, -0.05) is 34.1 Å². The summed E-state index contributed by atoms with van der Waals surface area (Å²) in [6, 6.07) is 10.8. The molecule has 0 radical (unpaired) electrons. The first kappa shape index (κ1) is 19.1. The Bertz CT molecular complexity index is 877. The number of phenolic OH excluding ortho intramolecular Hbond substituents is 1. The minimum atomic E-state index is -0.358. The molecule has 5 nitrogen and oxygen atoms in total. The molecule has 0 fully saturated rings. The number of aromatic hydroxyl groups is 1. The Morgan fingerprint density at radius 2 is 1.96 bits per heavy atom. The van der Waals surface area contributed by atoms with Gasteiger partial charge in [0.15, 0.2) is 0 Å². The van der Waals surface area contributed by atoms with Gasteiger partial charge < -0.3 is 5.11 Å². The maximum atomic E-state index is 12.1. The van der Waals surface area contributed by atoms with Gasteiger partial charge in [0.25, 0.3) is 5.91 Å². The minimum absolute atomic E-state index is 0.0412. The van der Waals surface area contributed by atoms with E-state index in [1.165, 1.54) is 6.21 Å². The van der Waals surface area contributed by atoms with Crippen LogP contribution in [0, 0.1) is 0 Å². The zero-order valence-corrected chi connectivity index (χ0v) is 16.5. The van der Waals surface area contributed by atoms with E-state index in [4.69, 9.17) is 0 Å². The maximum absolute atomic E-state index is 12.1. The largest absolute Gasteiger partial charge is 0.506 e. The molecule has 2 aromatic rings. The Morgan fingerprint density at radius 3 is 2.68 bits per heavy atom. The van der Waals surface area contributed by atoms with Crippen molar-refractivity contribution < 1.29 is 9.90 Å². The quantitative estimate of drug-likeness (QED) is 0.378. The van der Waals surface area contributed by atoms with Crippen molar-refractivity contribution in [1.29, 1.82) is 0 Å². The van der Waals surface area contributed by atoms with Crippen molar-refractivity contribution in [2.45, 2.75) is 6.92 Å². The van der Waals surface area contributed by atoms with Crippen molar-refractivity contribution in [2.24, 2.45) is 10.1 Å². The Morgan fingerprint density at radius 1 is 1.24 bits per heavy atom. The molecular formula is C18H15Br2N3O2. The van der Waals surface area contributed by atoms with Crippen LogP contribution in [-0.2, 0) is 4.79 Å². The third-order valence-corrected chi connectivity index (χ3v) is 4.33. The second-order valence-electron chi connectivity index (χ2n) is 5.07. The van der Waals surface area contributed by atoms with E-state index in [0.29, 0.717) is 21.3 Å². The highest BCUT2D eigenvalue weighted by Gasteiger charge is 2.07. The van der Waals surface area contributed by atoms with Crippen LogP contribution in [0.5, 0.6) is 5.75 Å². The second-order valence-corrected chi connectivity index (χ2v) is 6.84. The number of benzene rings is 2. The molecule has 7 heteroatoms. The Labute approximate surface area is 162 Å². The summed E-state index contributed by atoms with van der Waals surface area (Å²) in [5.74, 6) is -0.317. The SMILES string of the molecule is C=Nc1ccccc1/C=C(\C)C(=O)N/N=C/c1cc(Br)cc(Br)c1O. The second kappa shape index (κ2) is 8.73. The summed E-state index contributed by atoms with van der Waals surface area (Å²) in [4.78, 5) is 16.1. The number of phenols is 1. The molecule has 2 rings (SSSR count). The molecular weight excluding hydrogens is 450 g/mol. The van der Waals surface area contributed by atoms with Crippen molar-refractivity contribution in [2.75, 3.05) is 0 Å². The monoisotopic (exact) mass is 463 g/mol. The highest BCUT2D eigenvalue weighted by atomic mass is 79.9. The van der Waals surface area contributed by atoms with Crippen molar-refractivity contribution >= 4 is 62.5 Å². The first-order valence-electron chi connectivity index (χ1n) is 7.18. The maximum Gasteiger partial charge on any atom is 0.267 e. The third kappa shape index (κ3) is 5.11. The number of aliphatic imine (C=N–C) groups is 1. The summed E-state index contributed by atoms with van der Waals surface area (Å²) in [5.41, 5.74) is 4.85. The van der Waals surface area contributed by atoms with Gasteiger partial charge in [-0.2, -0.15) is 5.10 Å². The van der Waals surface area contributed by atoms with E-state index in [1.807, 2.05) is 24.3 Å². The average Bonchev–Trinajstić information content (AvgIpc) is 2.59. The summed E-state index contributed by atoms with van der Waals surface area (Å²) in [5, 5.41) is 13.8. The van der Waals surface area contributed by atoms with Crippen LogP contribution >= 0.6 is 31.9 Å². The van der Waals surface area contributed by atoms with E-state index in [-0.39, 0.29) is 11.7 Å². The Kier molecular flexibility index (Phi) is 6.66. The lowest BCUT2D eigenvalue weighted by atomic mass is 10.1. The first-order valence-corrected chi connectivity index (χ1v) is 8.76. The highest BCUT2D eigenvalue weighted by molar-refractivity contribution is 9.11. The fourth-order valence-electron chi connectivity index (χ4n) is 1.99. The number of nitrogens with zero attached hydrogens (tertiary/aromatic N) is 2. The standard InChI is InChI=1S/C18H15Br2N3O2/c1-11(7-12-5-3-4-6-16(12)21-2)18(25)23-22-10-13-8-14(19)9-15(20)17(13)24/h3-10,24H,2H2,1H3,(H,23,25)/b11-7+,22-10+.